The Kier molecular flexibility index (Phi) is 5.11. The minimum Gasteiger partial charge on any atom is -0.466 e. The number of piperidine rings is 1. The van der Waals surface area contributed by atoms with E-state index in [0.29, 0.717) is 29.9 Å². The second kappa shape index (κ2) is 6.83. The van der Waals surface area contributed by atoms with Gasteiger partial charge in [-0.3, -0.25) is 9.59 Å². The zero-order chi connectivity index (χ0) is 14.5. The monoisotopic (exact) mass is 340 g/mol. The Bertz CT molecular complexity index is 490. The number of carbonyl (C=O) groups excluding carboxylic acids is 2. The molecular formula is C14H17BrN2O3. The second-order valence-corrected chi connectivity index (χ2v) is 5.52. The maximum absolute atomic E-state index is 12.4. The quantitative estimate of drug-likeness (QED) is 0.625. The lowest BCUT2D eigenvalue weighted by Crippen LogP contribution is -2.42. The van der Waals surface area contributed by atoms with Crippen molar-refractivity contribution in [3.05, 3.63) is 28.5 Å². The standard InChI is InChI=1S/C14H17BrN2O3/c1-2-20-14(19)11-4-3-7-17(9-11)13(18)10-5-6-12(15)16-8-10/h5-6,8,11H,2-4,7,9H2,1H3. The van der Waals surface area contributed by atoms with Gasteiger partial charge in [0.25, 0.3) is 5.91 Å². The van der Waals surface area contributed by atoms with E-state index in [1.54, 1.807) is 30.2 Å². The predicted octanol–water partition coefficient (Wildman–Crippen LogP) is 2.26. The number of likely N-dealkylation sites (tertiary alicyclic amines) is 1. The Balaban J connectivity index is 2.03. The number of ether oxygens (including phenoxy) is 1. The van der Waals surface area contributed by atoms with Crippen molar-refractivity contribution >= 4 is 27.8 Å². The highest BCUT2D eigenvalue weighted by Crippen LogP contribution is 2.20. The average Bonchev–Trinajstić information content (AvgIpc) is 2.48. The fraction of sp³-hybridized carbons (Fsp3) is 0.500. The molecule has 0 aromatic carbocycles. The van der Waals surface area contributed by atoms with Gasteiger partial charge in [0.1, 0.15) is 4.60 Å². The molecule has 2 rings (SSSR count). The van der Waals surface area contributed by atoms with Crippen LogP contribution in [-0.2, 0) is 9.53 Å². The van der Waals surface area contributed by atoms with E-state index < -0.39 is 0 Å². The summed E-state index contributed by atoms with van der Waals surface area (Å²) in [7, 11) is 0. The Hall–Kier alpha value is -1.43. The summed E-state index contributed by atoms with van der Waals surface area (Å²) in [5, 5.41) is 0. The van der Waals surface area contributed by atoms with Gasteiger partial charge in [-0.15, -0.1) is 0 Å². The van der Waals surface area contributed by atoms with Gasteiger partial charge in [-0.2, -0.15) is 0 Å². The molecule has 0 spiro atoms. The van der Waals surface area contributed by atoms with Gasteiger partial charge in [-0.1, -0.05) is 0 Å². The van der Waals surface area contributed by atoms with Crippen molar-refractivity contribution < 1.29 is 14.3 Å². The first-order valence-electron chi connectivity index (χ1n) is 6.69. The Morgan fingerprint density at radius 1 is 1.50 bits per heavy atom. The highest BCUT2D eigenvalue weighted by atomic mass is 79.9. The van der Waals surface area contributed by atoms with E-state index in [2.05, 4.69) is 20.9 Å². The van der Waals surface area contributed by atoms with Crippen LogP contribution in [0.25, 0.3) is 0 Å². The number of rotatable bonds is 3. The molecule has 6 heteroatoms. The van der Waals surface area contributed by atoms with Gasteiger partial charge in [-0.25, -0.2) is 4.98 Å². The fourth-order valence-electron chi connectivity index (χ4n) is 2.30. The molecule has 1 atom stereocenters. The summed E-state index contributed by atoms with van der Waals surface area (Å²) in [5.74, 6) is -0.506. The third-order valence-corrected chi connectivity index (χ3v) is 3.77. The minimum absolute atomic E-state index is 0.0843. The number of aromatic nitrogens is 1. The second-order valence-electron chi connectivity index (χ2n) is 4.71. The summed E-state index contributed by atoms with van der Waals surface area (Å²) in [6.07, 6.45) is 3.14. The van der Waals surface area contributed by atoms with Crippen molar-refractivity contribution in [1.29, 1.82) is 0 Å². The summed E-state index contributed by atoms with van der Waals surface area (Å²) in [6.45, 7) is 3.26. The SMILES string of the molecule is CCOC(=O)C1CCCN(C(=O)c2ccc(Br)nc2)C1. The molecule has 0 bridgehead atoms. The largest absolute Gasteiger partial charge is 0.466 e. The third-order valence-electron chi connectivity index (χ3n) is 3.30. The van der Waals surface area contributed by atoms with Crippen LogP contribution in [0.5, 0.6) is 0 Å². The van der Waals surface area contributed by atoms with Crippen LogP contribution < -0.4 is 0 Å². The average molecular weight is 341 g/mol. The van der Waals surface area contributed by atoms with Crippen molar-refractivity contribution in [3.8, 4) is 0 Å². The van der Waals surface area contributed by atoms with E-state index in [4.69, 9.17) is 4.74 Å². The number of carbonyl (C=O) groups is 2. The number of amides is 1. The summed E-state index contributed by atoms with van der Waals surface area (Å²) in [6, 6.07) is 3.47. The zero-order valence-corrected chi connectivity index (χ0v) is 12.9. The normalized spacial score (nSPS) is 18.7. The van der Waals surface area contributed by atoms with Crippen LogP contribution in [-0.4, -0.2) is 41.5 Å². The molecule has 1 saturated heterocycles. The molecule has 20 heavy (non-hydrogen) atoms. The minimum atomic E-state index is -0.212. The molecule has 0 aliphatic carbocycles. The summed E-state index contributed by atoms with van der Waals surface area (Å²) >= 11 is 3.24. The number of pyridine rings is 1. The van der Waals surface area contributed by atoms with Crippen LogP contribution in [0, 0.1) is 5.92 Å². The van der Waals surface area contributed by atoms with Crippen molar-refractivity contribution in [2.24, 2.45) is 5.92 Å². The van der Waals surface area contributed by atoms with Gasteiger partial charge < -0.3 is 9.64 Å². The predicted molar refractivity (Wildman–Crippen MR) is 77.2 cm³/mol. The van der Waals surface area contributed by atoms with E-state index in [1.165, 1.54) is 0 Å². The van der Waals surface area contributed by atoms with Gasteiger partial charge in [0.05, 0.1) is 18.1 Å². The lowest BCUT2D eigenvalue weighted by Gasteiger charge is -2.31. The zero-order valence-electron chi connectivity index (χ0n) is 11.3. The maximum atomic E-state index is 12.4. The van der Waals surface area contributed by atoms with Gasteiger partial charge >= 0.3 is 5.97 Å². The molecule has 5 nitrogen and oxygen atoms in total. The van der Waals surface area contributed by atoms with Gasteiger partial charge in [-0.05, 0) is 47.8 Å². The molecule has 2 heterocycles. The molecular weight excluding hydrogens is 324 g/mol. The number of esters is 1. The lowest BCUT2D eigenvalue weighted by molar-refractivity contribution is -0.149. The fourth-order valence-corrected chi connectivity index (χ4v) is 2.53. The first kappa shape index (κ1) is 15.0. The Labute approximate surface area is 126 Å². The first-order valence-corrected chi connectivity index (χ1v) is 7.48. The van der Waals surface area contributed by atoms with E-state index in [1.807, 2.05) is 0 Å². The summed E-state index contributed by atoms with van der Waals surface area (Å²) < 4.78 is 5.73. The Morgan fingerprint density at radius 3 is 2.95 bits per heavy atom. The van der Waals surface area contributed by atoms with E-state index in [-0.39, 0.29) is 17.8 Å². The Morgan fingerprint density at radius 2 is 2.30 bits per heavy atom. The molecule has 1 fully saturated rings. The highest BCUT2D eigenvalue weighted by Gasteiger charge is 2.29. The van der Waals surface area contributed by atoms with Crippen LogP contribution in [0.3, 0.4) is 0 Å². The van der Waals surface area contributed by atoms with Crippen LogP contribution >= 0.6 is 15.9 Å². The molecule has 0 radical (unpaired) electrons. The summed E-state index contributed by atoms with van der Waals surface area (Å²) in [5.41, 5.74) is 0.540. The number of hydrogen-bond acceptors (Lipinski definition) is 4. The molecule has 1 aliphatic heterocycles. The van der Waals surface area contributed by atoms with Crippen LogP contribution in [0.1, 0.15) is 30.1 Å². The van der Waals surface area contributed by atoms with Gasteiger partial charge in [0.15, 0.2) is 0 Å². The molecule has 1 unspecified atom stereocenters. The molecule has 0 N–H and O–H groups in total. The van der Waals surface area contributed by atoms with Crippen molar-refractivity contribution in [3.63, 3.8) is 0 Å². The topological polar surface area (TPSA) is 59.5 Å². The van der Waals surface area contributed by atoms with Crippen LogP contribution in [0.2, 0.25) is 0 Å². The molecule has 108 valence electrons. The third kappa shape index (κ3) is 3.56. The smallest absolute Gasteiger partial charge is 0.310 e. The van der Waals surface area contributed by atoms with E-state index >= 15 is 0 Å². The first-order chi connectivity index (χ1) is 9.61. The van der Waals surface area contributed by atoms with Crippen molar-refractivity contribution in [2.75, 3.05) is 19.7 Å². The molecule has 1 aromatic heterocycles. The van der Waals surface area contributed by atoms with E-state index in [9.17, 15) is 9.59 Å². The van der Waals surface area contributed by atoms with Crippen molar-refractivity contribution in [1.82, 2.24) is 9.88 Å². The molecule has 0 saturated carbocycles. The van der Waals surface area contributed by atoms with Gasteiger partial charge in [0.2, 0.25) is 0 Å². The molecule has 1 aliphatic rings. The number of nitrogens with zero attached hydrogens (tertiary/aromatic N) is 2. The lowest BCUT2D eigenvalue weighted by atomic mass is 9.97. The van der Waals surface area contributed by atoms with Crippen LogP contribution in [0.15, 0.2) is 22.9 Å². The van der Waals surface area contributed by atoms with Gasteiger partial charge in [0, 0.05) is 19.3 Å². The molecule has 1 aromatic rings. The highest BCUT2D eigenvalue weighted by molar-refractivity contribution is 9.10. The van der Waals surface area contributed by atoms with E-state index in [0.717, 1.165) is 12.8 Å². The molecule has 1 amide bonds. The number of hydrogen-bond donors (Lipinski definition) is 0. The number of halogens is 1. The maximum Gasteiger partial charge on any atom is 0.310 e. The van der Waals surface area contributed by atoms with Crippen molar-refractivity contribution in [2.45, 2.75) is 19.8 Å². The summed E-state index contributed by atoms with van der Waals surface area (Å²) in [4.78, 5) is 29.9. The van der Waals surface area contributed by atoms with Crippen LogP contribution in [0.4, 0.5) is 0 Å².